The largest absolute Gasteiger partial charge is 0.316 e. The normalized spacial score (nSPS) is 23.3. The van der Waals surface area contributed by atoms with E-state index < -0.39 is 0 Å². The molecule has 5 nitrogen and oxygen atoms in total. The van der Waals surface area contributed by atoms with E-state index in [1.807, 2.05) is 24.3 Å². The van der Waals surface area contributed by atoms with Crippen LogP contribution in [0.15, 0.2) is 89.4 Å². The van der Waals surface area contributed by atoms with E-state index >= 15 is 0 Å². The van der Waals surface area contributed by atoms with Gasteiger partial charge in [0.25, 0.3) is 5.91 Å². The van der Waals surface area contributed by atoms with Crippen LogP contribution >= 0.6 is 15.9 Å². The molecule has 2 amide bonds. The van der Waals surface area contributed by atoms with E-state index in [9.17, 15) is 9.59 Å². The summed E-state index contributed by atoms with van der Waals surface area (Å²) < 4.78 is 0.862. The SMILES string of the molecule is O=C1C[C@@H]([NH+]2CC[NH+](C(c3ccccc3)c3ccccc3)CC2)C(=O)N1c1cccc(Br)c1. The zero-order chi connectivity index (χ0) is 22.8. The number of rotatable bonds is 5. The van der Waals surface area contributed by atoms with Crippen LogP contribution in [0.25, 0.3) is 0 Å². The van der Waals surface area contributed by atoms with Crippen molar-refractivity contribution in [2.24, 2.45) is 0 Å². The lowest BCUT2D eigenvalue weighted by molar-refractivity contribution is -1.03. The van der Waals surface area contributed by atoms with Crippen molar-refractivity contribution < 1.29 is 19.4 Å². The third kappa shape index (κ3) is 4.51. The second-order valence-corrected chi connectivity index (χ2v) is 9.79. The molecule has 0 aromatic heterocycles. The number of amides is 2. The number of hydrogen-bond donors (Lipinski definition) is 2. The van der Waals surface area contributed by atoms with Crippen LogP contribution in [0, 0.1) is 0 Å². The quantitative estimate of drug-likeness (QED) is 0.518. The molecule has 0 spiro atoms. The highest BCUT2D eigenvalue weighted by atomic mass is 79.9. The van der Waals surface area contributed by atoms with Crippen LogP contribution in [0.5, 0.6) is 0 Å². The van der Waals surface area contributed by atoms with Crippen molar-refractivity contribution in [3.05, 3.63) is 101 Å². The number of nitrogens with one attached hydrogen (secondary N) is 2. The van der Waals surface area contributed by atoms with E-state index in [1.165, 1.54) is 25.8 Å². The molecule has 33 heavy (non-hydrogen) atoms. The van der Waals surface area contributed by atoms with Crippen LogP contribution in [-0.2, 0) is 9.59 Å². The number of carbonyl (C=O) groups excluding carboxylic acids is 2. The van der Waals surface area contributed by atoms with E-state index in [0.29, 0.717) is 5.69 Å². The van der Waals surface area contributed by atoms with Gasteiger partial charge < -0.3 is 9.80 Å². The fourth-order valence-corrected chi connectivity index (χ4v) is 5.71. The fourth-order valence-electron chi connectivity index (χ4n) is 5.32. The van der Waals surface area contributed by atoms with E-state index in [4.69, 9.17) is 0 Å². The molecule has 3 aromatic carbocycles. The Morgan fingerprint density at radius 2 is 1.39 bits per heavy atom. The van der Waals surface area contributed by atoms with E-state index in [2.05, 4.69) is 76.6 Å². The number of carbonyl (C=O) groups is 2. The zero-order valence-corrected chi connectivity index (χ0v) is 20.0. The van der Waals surface area contributed by atoms with Gasteiger partial charge in [0.15, 0.2) is 6.04 Å². The lowest BCUT2D eigenvalue weighted by Crippen LogP contribution is -3.30. The summed E-state index contributed by atoms with van der Waals surface area (Å²) in [4.78, 5) is 30.1. The molecule has 2 fully saturated rings. The van der Waals surface area contributed by atoms with Gasteiger partial charge in [-0.2, -0.15) is 0 Å². The Morgan fingerprint density at radius 3 is 1.97 bits per heavy atom. The number of hydrogen-bond acceptors (Lipinski definition) is 2. The number of imide groups is 1. The Kier molecular flexibility index (Phi) is 6.40. The van der Waals surface area contributed by atoms with E-state index in [1.54, 1.807) is 0 Å². The van der Waals surface area contributed by atoms with E-state index in [-0.39, 0.29) is 30.3 Å². The Morgan fingerprint density at radius 1 is 0.788 bits per heavy atom. The van der Waals surface area contributed by atoms with Gasteiger partial charge in [0, 0.05) is 15.6 Å². The molecule has 6 heteroatoms. The van der Waals surface area contributed by atoms with Gasteiger partial charge in [-0.3, -0.25) is 9.59 Å². The predicted octanol–water partition coefficient (Wildman–Crippen LogP) is 1.65. The number of halogens is 1. The van der Waals surface area contributed by atoms with Gasteiger partial charge in [-0.25, -0.2) is 4.90 Å². The van der Waals surface area contributed by atoms with Crippen LogP contribution in [0.3, 0.4) is 0 Å². The van der Waals surface area contributed by atoms with Gasteiger partial charge in [0.1, 0.15) is 32.2 Å². The maximum atomic E-state index is 13.2. The van der Waals surface area contributed by atoms with Gasteiger partial charge in [-0.1, -0.05) is 82.7 Å². The average Bonchev–Trinajstić information content (AvgIpc) is 3.15. The summed E-state index contributed by atoms with van der Waals surface area (Å²) in [6.45, 7) is 3.67. The highest BCUT2D eigenvalue weighted by Gasteiger charge is 2.47. The van der Waals surface area contributed by atoms with Crippen molar-refractivity contribution in [1.82, 2.24) is 0 Å². The van der Waals surface area contributed by atoms with Crippen molar-refractivity contribution in [2.45, 2.75) is 18.5 Å². The van der Waals surface area contributed by atoms with Crippen molar-refractivity contribution in [2.75, 3.05) is 31.1 Å². The molecule has 0 aliphatic carbocycles. The first kappa shape index (κ1) is 22.0. The number of nitrogens with zero attached hydrogens (tertiary/aromatic N) is 1. The van der Waals surface area contributed by atoms with Crippen LogP contribution < -0.4 is 14.7 Å². The maximum Gasteiger partial charge on any atom is 0.292 e. The molecule has 0 bridgehead atoms. The second kappa shape index (κ2) is 9.59. The monoisotopic (exact) mass is 505 g/mol. The Hall–Kier alpha value is -2.80. The van der Waals surface area contributed by atoms with Crippen LogP contribution in [-0.4, -0.2) is 44.0 Å². The first-order valence-corrected chi connectivity index (χ1v) is 12.3. The lowest BCUT2D eigenvalue weighted by Gasteiger charge is -2.36. The Labute approximate surface area is 202 Å². The minimum atomic E-state index is -0.287. The topological polar surface area (TPSA) is 46.3 Å². The van der Waals surface area contributed by atoms with Gasteiger partial charge >= 0.3 is 0 Å². The smallest absolute Gasteiger partial charge is 0.292 e. The van der Waals surface area contributed by atoms with Crippen molar-refractivity contribution in [1.29, 1.82) is 0 Å². The average molecular weight is 506 g/mol. The molecule has 2 heterocycles. The van der Waals surface area contributed by atoms with E-state index in [0.717, 1.165) is 30.7 Å². The molecule has 3 aromatic rings. The fraction of sp³-hybridized carbons (Fsp3) is 0.259. The molecule has 2 aliphatic heterocycles. The van der Waals surface area contributed by atoms with Gasteiger partial charge in [0.2, 0.25) is 5.91 Å². The molecular formula is C27H28BrN3O2+2. The van der Waals surface area contributed by atoms with Gasteiger partial charge in [-0.15, -0.1) is 0 Å². The van der Waals surface area contributed by atoms with Gasteiger partial charge in [0.05, 0.1) is 12.1 Å². The molecule has 0 radical (unpaired) electrons. The second-order valence-electron chi connectivity index (χ2n) is 8.87. The maximum absolute atomic E-state index is 13.2. The first-order chi connectivity index (χ1) is 16.1. The molecule has 1 atom stereocenters. The van der Waals surface area contributed by atoms with Crippen molar-refractivity contribution in [3.63, 3.8) is 0 Å². The molecule has 0 unspecified atom stereocenters. The number of quaternary nitrogens is 2. The molecule has 168 valence electrons. The number of piperazine rings is 1. The number of anilines is 1. The van der Waals surface area contributed by atoms with Crippen LogP contribution in [0.2, 0.25) is 0 Å². The van der Waals surface area contributed by atoms with Gasteiger partial charge in [-0.05, 0) is 18.2 Å². The highest BCUT2D eigenvalue weighted by Crippen LogP contribution is 2.25. The summed E-state index contributed by atoms with van der Waals surface area (Å²) in [5.41, 5.74) is 3.28. The third-order valence-electron chi connectivity index (χ3n) is 6.91. The molecule has 2 aliphatic rings. The van der Waals surface area contributed by atoms with Crippen molar-refractivity contribution in [3.8, 4) is 0 Å². The minimum absolute atomic E-state index is 0.0702. The molecule has 5 rings (SSSR count). The van der Waals surface area contributed by atoms with Crippen molar-refractivity contribution >= 4 is 33.4 Å². The number of benzene rings is 3. The summed E-state index contributed by atoms with van der Waals surface area (Å²) >= 11 is 3.44. The summed E-state index contributed by atoms with van der Waals surface area (Å²) in [5.74, 6) is -0.170. The summed E-state index contributed by atoms with van der Waals surface area (Å²) in [6, 6.07) is 28.8. The summed E-state index contributed by atoms with van der Waals surface area (Å²) in [5, 5.41) is 0. The summed E-state index contributed by atoms with van der Waals surface area (Å²) in [6.07, 6.45) is 0.289. The third-order valence-corrected chi connectivity index (χ3v) is 7.41. The first-order valence-electron chi connectivity index (χ1n) is 11.5. The van der Waals surface area contributed by atoms with Crippen LogP contribution in [0.1, 0.15) is 23.6 Å². The molecular weight excluding hydrogens is 478 g/mol. The molecule has 2 saturated heterocycles. The predicted molar refractivity (Wildman–Crippen MR) is 131 cm³/mol. The lowest BCUT2D eigenvalue weighted by atomic mass is 9.96. The Balaban J connectivity index is 1.31. The Bertz CT molecular complexity index is 1090. The standard InChI is InChI=1S/C27H26BrN3O2/c28-22-12-7-13-23(18-22)31-25(32)19-24(27(31)33)29-14-16-30(17-15-29)26(20-8-3-1-4-9-20)21-10-5-2-6-11-21/h1-13,18,24,26H,14-17,19H2/p+2/t24-/m1/s1. The summed E-state index contributed by atoms with van der Waals surface area (Å²) in [7, 11) is 0. The molecule has 2 N–H and O–H groups in total. The van der Waals surface area contributed by atoms with Crippen LogP contribution in [0.4, 0.5) is 5.69 Å². The minimum Gasteiger partial charge on any atom is -0.316 e. The highest BCUT2D eigenvalue weighted by molar-refractivity contribution is 9.10. The molecule has 0 saturated carbocycles. The zero-order valence-electron chi connectivity index (χ0n) is 18.4.